The van der Waals surface area contributed by atoms with Gasteiger partial charge in [0.25, 0.3) is 0 Å². The summed E-state index contributed by atoms with van der Waals surface area (Å²) in [6.07, 6.45) is 9.42. The van der Waals surface area contributed by atoms with Crippen LogP contribution in [0.4, 0.5) is 0 Å². The molecule has 2 heterocycles. The first-order chi connectivity index (χ1) is 8.72. The molecular formula is C14H18N2O2. The molecule has 96 valence electrons. The first-order valence-electron chi connectivity index (χ1n) is 6.58. The summed E-state index contributed by atoms with van der Waals surface area (Å²) in [6, 6.07) is 0. The molecule has 2 aliphatic heterocycles. The minimum absolute atomic E-state index is 0.00429. The van der Waals surface area contributed by atoms with Gasteiger partial charge in [-0.3, -0.25) is 9.79 Å². The molecule has 0 bridgehead atoms. The Bertz CT molecular complexity index is 451. The fourth-order valence-electron chi connectivity index (χ4n) is 2.96. The molecule has 18 heavy (non-hydrogen) atoms. The van der Waals surface area contributed by atoms with Crippen molar-refractivity contribution in [3.63, 3.8) is 0 Å². The van der Waals surface area contributed by atoms with E-state index in [0.29, 0.717) is 5.92 Å². The van der Waals surface area contributed by atoms with Crippen LogP contribution in [-0.4, -0.2) is 35.8 Å². The molecule has 1 saturated heterocycles. The van der Waals surface area contributed by atoms with Gasteiger partial charge in [0.15, 0.2) is 0 Å². The van der Waals surface area contributed by atoms with Crippen molar-refractivity contribution in [1.82, 2.24) is 4.90 Å². The maximum atomic E-state index is 11.0. The van der Waals surface area contributed by atoms with E-state index in [1.807, 2.05) is 6.20 Å². The van der Waals surface area contributed by atoms with Crippen LogP contribution in [0.3, 0.4) is 0 Å². The molecule has 3 rings (SSSR count). The predicted molar refractivity (Wildman–Crippen MR) is 69.1 cm³/mol. The van der Waals surface area contributed by atoms with Crippen molar-refractivity contribution < 1.29 is 9.53 Å². The molecular weight excluding hydrogens is 228 g/mol. The van der Waals surface area contributed by atoms with Gasteiger partial charge in [0.05, 0.1) is 6.54 Å². The summed E-state index contributed by atoms with van der Waals surface area (Å²) in [4.78, 5) is 17.9. The van der Waals surface area contributed by atoms with Crippen molar-refractivity contribution in [3.05, 3.63) is 24.0 Å². The number of hydrogen-bond donors (Lipinski definition) is 0. The zero-order valence-corrected chi connectivity index (χ0v) is 10.6. The molecule has 0 N–H and O–H groups in total. The molecule has 0 aromatic rings. The lowest BCUT2D eigenvalue weighted by Gasteiger charge is -2.25. The highest BCUT2D eigenvalue weighted by Gasteiger charge is 2.32. The number of hydrogen-bond acceptors (Lipinski definition) is 4. The molecule has 4 nitrogen and oxygen atoms in total. The summed E-state index contributed by atoms with van der Waals surface area (Å²) in [5.74, 6) is 0.336. The van der Waals surface area contributed by atoms with Crippen LogP contribution in [0.2, 0.25) is 0 Å². The number of aliphatic imine (C=N–C) groups is 1. The van der Waals surface area contributed by atoms with E-state index in [1.54, 1.807) is 0 Å². The van der Waals surface area contributed by atoms with E-state index in [9.17, 15) is 4.79 Å². The monoisotopic (exact) mass is 246 g/mol. The van der Waals surface area contributed by atoms with Gasteiger partial charge < -0.3 is 9.64 Å². The third kappa shape index (κ3) is 2.19. The number of rotatable bonds is 1. The first kappa shape index (κ1) is 11.5. The number of allylic oxidation sites excluding steroid dienone is 2. The molecule has 0 radical (unpaired) electrons. The van der Waals surface area contributed by atoms with Crippen molar-refractivity contribution >= 4 is 11.7 Å². The quantitative estimate of drug-likeness (QED) is 0.663. The number of nitrogens with zero attached hydrogens (tertiary/aromatic N) is 2. The van der Waals surface area contributed by atoms with Crippen LogP contribution in [0.1, 0.15) is 26.2 Å². The lowest BCUT2D eigenvalue weighted by Crippen LogP contribution is -2.31. The molecule has 0 spiro atoms. The van der Waals surface area contributed by atoms with Gasteiger partial charge in [-0.15, -0.1) is 0 Å². The van der Waals surface area contributed by atoms with E-state index in [-0.39, 0.29) is 12.1 Å². The maximum absolute atomic E-state index is 11.0. The zero-order chi connectivity index (χ0) is 12.5. The van der Waals surface area contributed by atoms with E-state index in [1.165, 1.54) is 24.8 Å². The van der Waals surface area contributed by atoms with Gasteiger partial charge in [-0.1, -0.05) is 6.08 Å². The second-order valence-electron chi connectivity index (χ2n) is 5.19. The van der Waals surface area contributed by atoms with Crippen LogP contribution >= 0.6 is 0 Å². The minimum Gasteiger partial charge on any atom is -0.460 e. The van der Waals surface area contributed by atoms with E-state index >= 15 is 0 Å². The van der Waals surface area contributed by atoms with Gasteiger partial charge in [0.1, 0.15) is 6.10 Å². The Kier molecular flexibility index (Phi) is 2.94. The Morgan fingerprint density at radius 3 is 3.22 bits per heavy atom. The van der Waals surface area contributed by atoms with Crippen LogP contribution in [0, 0.1) is 5.92 Å². The minimum atomic E-state index is -0.192. The Morgan fingerprint density at radius 2 is 2.39 bits per heavy atom. The number of carbonyl (C=O) groups excluding carboxylic acids is 1. The summed E-state index contributed by atoms with van der Waals surface area (Å²) >= 11 is 0. The molecule has 0 aromatic heterocycles. The van der Waals surface area contributed by atoms with Gasteiger partial charge >= 0.3 is 5.97 Å². The number of ether oxygens (including phenoxy) is 1. The van der Waals surface area contributed by atoms with E-state index in [4.69, 9.17) is 4.74 Å². The topological polar surface area (TPSA) is 41.9 Å². The smallest absolute Gasteiger partial charge is 0.302 e. The number of carbonyl (C=O) groups is 1. The highest BCUT2D eigenvalue weighted by Crippen LogP contribution is 2.30. The SMILES string of the molecule is CC(=O)OC1CC2=CN=C3C=CCCC3CN2C1. The van der Waals surface area contributed by atoms with Crippen molar-refractivity contribution in [2.75, 3.05) is 13.1 Å². The van der Waals surface area contributed by atoms with Crippen LogP contribution in [-0.2, 0) is 9.53 Å². The van der Waals surface area contributed by atoms with Crippen molar-refractivity contribution in [2.45, 2.75) is 32.3 Å². The van der Waals surface area contributed by atoms with Crippen LogP contribution in [0.5, 0.6) is 0 Å². The fourth-order valence-corrected chi connectivity index (χ4v) is 2.96. The zero-order valence-electron chi connectivity index (χ0n) is 10.6. The molecule has 3 aliphatic rings. The van der Waals surface area contributed by atoms with Crippen molar-refractivity contribution in [2.24, 2.45) is 10.9 Å². The number of fused-ring (bicyclic) bond motifs is 2. The molecule has 0 saturated carbocycles. The van der Waals surface area contributed by atoms with Gasteiger partial charge in [-0.05, 0) is 18.9 Å². The van der Waals surface area contributed by atoms with Crippen LogP contribution in [0.25, 0.3) is 0 Å². The molecule has 2 unspecified atom stereocenters. The van der Waals surface area contributed by atoms with Gasteiger partial charge in [0, 0.05) is 43.4 Å². The van der Waals surface area contributed by atoms with Crippen LogP contribution < -0.4 is 0 Å². The Balaban J connectivity index is 1.76. The highest BCUT2D eigenvalue weighted by atomic mass is 16.5. The highest BCUT2D eigenvalue weighted by molar-refractivity contribution is 5.98. The van der Waals surface area contributed by atoms with Crippen molar-refractivity contribution in [1.29, 1.82) is 0 Å². The molecule has 2 atom stereocenters. The second-order valence-corrected chi connectivity index (χ2v) is 5.19. The summed E-state index contributed by atoms with van der Waals surface area (Å²) in [7, 11) is 0. The average Bonchev–Trinajstić information content (AvgIpc) is 2.61. The lowest BCUT2D eigenvalue weighted by atomic mass is 9.92. The maximum Gasteiger partial charge on any atom is 0.302 e. The molecule has 0 amide bonds. The number of esters is 1. The first-order valence-corrected chi connectivity index (χ1v) is 6.58. The van der Waals surface area contributed by atoms with E-state index < -0.39 is 0 Å². The third-order valence-electron chi connectivity index (χ3n) is 3.79. The van der Waals surface area contributed by atoms with Gasteiger partial charge in [0.2, 0.25) is 0 Å². The Labute approximate surface area is 107 Å². The largest absolute Gasteiger partial charge is 0.460 e. The third-order valence-corrected chi connectivity index (χ3v) is 3.79. The van der Waals surface area contributed by atoms with E-state index in [0.717, 1.165) is 25.9 Å². The summed E-state index contributed by atoms with van der Waals surface area (Å²) in [5, 5.41) is 0. The Morgan fingerprint density at radius 1 is 1.50 bits per heavy atom. The average molecular weight is 246 g/mol. The molecule has 1 aliphatic carbocycles. The normalized spacial score (nSPS) is 29.9. The van der Waals surface area contributed by atoms with Crippen molar-refractivity contribution in [3.8, 4) is 0 Å². The lowest BCUT2D eigenvalue weighted by molar-refractivity contribution is -0.145. The summed E-state index contributed by atoms with van der Waals surface area (Å²) < 4.78 is 5.30. The molecule has 0 aromatic carbocycles. The second kappa shape index (κ2) is 4.59. The Hall–Kier alpha value is -1.58. The van der Waals surface area contributed by atoms with E-state index in [2.05, 4.69) is 22.0 Å². The molecule has 4 heteroatoms. The van der Waals surface area contributed by atoms with Gasteiger partial charge in [-0.25, -0.2) is 0 Å². The van der Waals surface area contributed by atoms with Gasteiger partial charge in [-0.2, -0.15) is 0 Å². The van der Waals surface area contributed by atoms with Crippen LogP contribution in [0.15, 0.2) is 29.0 Å². The fraction of sp³-hybridized carbons (Fsp3) is 0.571. The summed E-state index contributed by atoms with van der Waals surface area (Å²) in [6.45, 7) is 3.29. The predicted octanol–water partition coefficient (Wildman–Crippen LogP) is 1.89. The standard InChI is InChI=1S/C14H18N2O2/c1-10(17)18-13-6-12-7-15-14-5-3-2-4-11(14)8-16(12)9-13/h3,5,7,11,13H,2,4,6,8-9H2,1H3. The summed E-state index contributed by atoms with van der Waals surface area (Å²) in [5.41, 5.74) is 2.41. The molecule has 1 fully saturated rings.